The average Bonchev–Trinajstić information content (AvgIpc) is 2.69. The Morgan fingerprint density at radius 2 is 1.78 bits per heavy atom. The molecular formula is C20H34N4O3. The summed E-state index contributed by atoms with van der Waals surface area (Å²) < 4.78 is 5.40. The topological polar surface area (TPSA) is 119 Å². The lowest BCUT2D eigenvalue weighted by atomic mass is 10.1. The van der Waals surface area contributed by atoms with Crippen LogP contribution in [0.2, 0.25) is 0 Å². The van der Waals surface area contributed by atoms with Crippen molar-refractivity contribution in [2.24, 2.45) is 11.5 Å². The molecule has 7 nitrogen and oxygen atoms in total. The summed E-state index contributed by atoms with van der Waals surface area (Å²) >= 11 is 0. The standard InChI is InChI=1S/C20H34N4O3/c1-23-14-8-6-12-18(24-19(25)17(22)11-5-7-13-21)20(26)27-15-16-9-3-2-4-10-16/h2-4,9-10,17-18,23H,5-8,11-15,21-22H2,1H3,(H,24,25). The van der Waals surface area contributed by atoms with Crippen molar-refractivity contribution in [3.8, 4) is 0 Å². The first-order valence-corrected chi connectivity index (χ1v) is 9.69. The zero-order chi connectivity index (χ0) is 19.9. The second kappa shape index (κ2) is 14.1. The fraction of sp³-hybridized carbons (Fsp3) is 0.600. The minimum Gasteiger partial charge on any atom is -0.459 e. The Bertz CT molecular complexity index is 539. The number of hydrogen-bond donors (Lipinski definition) is 4. The quantitative estimate of drug-likeness (QED) is 0.284. The molecule has 1 aromatic rings. The maximum atomic E-state index is 12.5. The Morgan fingerprint density at radius 3 is 2.44 bits per heavy atom. The second-order valence-corrected chi connectivity index (χ2v) is 6.64. The molecule has 2 unspecified atom stereocenters. The van der Waals surface area contributed by atoms with Crippen LogP contribution in [0.3, 0.4) is 0 Å². The van der Waals surface area contributed by atoms with Crippen molar-refractivity contribution in [1.29, 1.82) is 0 Å². The van der Waals surface area contributed by atoms with Gasteiger partial charge in [0.25, 0.3) is 0 Å². The van der Waals surface area contributed by atoms with Crippen LogP contribution in [0, 0.1) is 0 Å². The van der Waals surface area contributed by atoms with Gasteiger partial charge in [0, 0.05) is 0 Å². The third kappa shape index (κ3) is 10.1. The van der Waals surface area contributed by atoms with Gasteiger partial charge in [0.2, 0.25) is 5.91 Å². The first-order valence-electron chi connectivity index (χ1n) is 9.69. The maximum Gasteiger partial charge on any atom is 0.328 e. The van der Waals surface area contributed by atoms with Crippen LogP contribution in [0.5, 0.6) is 0 Å². The predicted octanol–water partition coefficient (Wildman–Crippen LogP) is 1.06. The van der Waals surface area contributed by atoms with E-state index in [9.17, 15) is 9.59 Å². The van der Waals surface area contributed by atoms with Crippen LogP contribution in [0.4, 0.5) is 0 Å². The van der Waals surface area contributed by atoms with E-state index in [0.29, 0.717) is 19.4 Å². The number of hydrogen-bond acceptors (Lipinski definition) is 6. The Kier molecular flexibility index (Phi) is 12.1. The lowest BCUT2D eigenvalue weighted by Gasteiger charge is -2.20. The molecule has 1 rings (SSSR count). The summed E-state index contributed by atoms with van der Waals surface area (Å²) in [7, 11) is 1.88. The summed E-state index contributed by atoms with van der Waals surface area (Å²) in [5.74, 6) is -0.742. The van der Waals surface area contributed by atoms with Crippen LogP contribution in [0.15, 0.2) is 30.3 Å². The van der Waals surface area contributed by atoms with E-state index in [0.717, 1.165) is 37.8 Å². The van der Waals surface area contributed by atoms with E-state index in [1.54, 1.807) is 0 Å². The van der Waals surface area contributed by atoms with Gasteiger partial charge >= 0.3 is 5.97 Å². The van der Waals surface area contributed by atoms with Crippen molar-refractivity contribution in [3.63, 3.8) is 0 Å². The van der Waals surface area contributed by atoms with E-state index in [1.807, 2.05) is 37.4 Å². The normalized spacial score (nSPS) is 13.0. The maximum absolute atomic E-state index is 12.5. The number of esters is 1. The highest BCUT2D eigenvalue weighted by Gasteiger charge is 2.24. The van der Waals surface area contributed by atoms with Gasteiger partial charge in [-0.05, 0) is 57.8 Å². The minimum atomic E-state index is -0.682. The highest BCUT2D eigenvalue weighted by Crippen LogP contribution is 2.08. The number of ether oxygens (including phenoxy) is 1. The van der Waals surface area contributed by atoms with Gasteiger partial charge in [-0.15, -0.1) is 0 Å². The van der Waals surface area contributed by atoms with Crippen molar-refractivity contribution in [1.82, 2.24) is 10.6 Å². The van der Waals surface area contributed by atoms with Gasteiger partial charge in [-0.2, -0.15) is 0 Å². The molecule has 0 heterocycles. The van der Waals surface area contributed by atoms with E-state index in [2.05, 4.69) is 10.6 Å². The van der Waals surface area contributed by atoms with Gasteiger partial charge in [-0.3, -0.25) is 4.79 Å². The molecule has 2 atom stereocenters. The molecule has 0 fully saturated rings. The number of nitrogens with two attached hydrogens (primary N) is 2. The molecule has 27 heavy (non-hydrogen) atoms. The summed E-state index contributed by atoms with van der Waals surface area (Å²) in [6.07, 6.45) is 4.40. The van der Waals surface area contributed by atoms with E-state index in [1.165, 1.54) is 0 Å². The third-order valence-corrected chi connectivity index (χ3v) is 4.30. The largest absolute Gasteiger partial charge is 0.459 e. The molecule has 6 N–H and O–H groups in total. The number of unbranched alkanes of at least 4 members (excludes halogenated alkanes) is 2. The highest BCUT2D eigenvalue weighted by molar-refractivity contribution is 5.87. The zero-order valence-corrected chi connectivity index (χ0v) is 16.3. The number of benzene rings is 1. The van der Waals surface area contributed by atoms with E-state index >= 15 is 0 Å². The summed E-state index contributed by atoms with van der Waals surface area (Å²) in [6, 6.07) is 8.14. The summed E-state index contributed by atoms with van der Waals surface area (Å²) in [4.78, 5) is 24.8. The molecule has 0 saturated carbocycles. The molecule has 0 aliphatic rings. The van der Waals surface area contributed by atoms with E-state index < -0.39 is 18.1 Å². The molecule has 0 saturated heterocycles. The van der Waals surface area contributed by atoms with Gasteiger partial charge in [-0.25, -0.2) is 4.79 Å². The molecule has 0 aliphatic heterocycles. The first-order chi connectivity index (χ1) is 13.1. The SMILES string of the molecule is CNCCCCC(NC(=O)C(N)CCCCN)C(=O)OCc1ccccc1. The van der Waals surface area contributed by atoms with Crippen LogP contribution >= 0.6 is 0 Å². The number of amides is 1. The minimum absolute atomic E-state index is 0.186. The molecule has 1 amide bonds. The smallest absolute Gasteiger partial charge is 0.328 e. The Balaban J connectivity index is 2.56. The summed E-state index contributed by atoms with van der Waals surface area (Å²) in [6.45, 7) is 1.62. The van der Waals surface area contributed by atoms with Crippen molar-refractivity contribution in [2.45, 2.75) is 57.2 Å². The molecule has 0 bridgehead atoms. The zero-order valence-electron chi connectivity index (χ0n) is 16.3. The van der Waals surface area contributed by atoms with Gasteiger partial charge in [0.1, 0.15) is 12.6 Å². The van der Waals surface area contributed by atoms with Crippen molar-refractivity contribution in [3.05, 3.63) is 35.9 Å². The average molecular weight is 379 g/mol. The first kappa shape index (κ1) is 23.1. The van der Waals surface area contributed by atoms with E-state index in [-0.39, 0.29) is 12.5 Å². The van der Waals surface area contributed by atoms with Crippen molar-refractivity contribution >= 4 is 11.9 Å². The van der Waals surface area contributed by atoms with Crippen LogP contribution in [-0.4, -0.2) is 44.1 Å². The van der Waals surface area contributed by atoms with Crippen LogP contribution in [0.1, 0.15) is 44.1 Å². The van der Waals surface area contributed by atoms with Crippen molar-refractivity contribution in [2.75, 3.05) is 20.1 Å². The molecule has 0 aromatic heterocycles. The lowest BCUT2D eigenvalue weighted by Crippen LogP contribution is -2.49. The Hall–Kier alpha value is -1.96. The number of carbonyl (C=O) groups is 2. The van der Waals surface area contributed by atoms with Gasteiger partial charge < -0.3 is 26.8 Å². The van der Waals surface area contributed by atoms with Crippen molar-refractivity contribution < 1.29 is 14.3 Å². The van der Waals surface area contributed by atoms with Crippen LogP contribution < -0.4 is 22.1 Å². The monoisotopic (exact) mass is 378 g/mol. The van der Waals surface area contributed by atoms with Crippen LogP contribution in [-0.2, 0) is 20.9 Å². The molecule has 0 aliphatic carbocycles. The summed E-state index contributed by atoms with van der Waals surface area (Å²) in [5, 5.41) is 5.84. The lowest BCUT2D eigenvalue weighted by molar-refractivity contribution is -0.149. The molecule has 1 aromatic carbocycles. The fourth-order valence-electron chi connectivity index (χ4n) is 2.65. The molecule has 0 spiro atoms. The van der Waals surface area contributed by atoms with Gasteiger partial charge in [0.05, 0.1) is 6.04 Å². The number of nitrogens with one attached hydrogen (secondary N) is 2. The number of rotatable bonds is 14. The molecule has 7 heteroatoms. The van der Waals surface area contributed by atoms with Gasteiger partial charge in [0.15, 0.2) is 0 Å². The molecule has 152 valence electrons. The fourth-order valence-corrected chi connectivity index (χ4v) is 2.65. The highest BCUT2D eigenvalue weighted by atomic mass is 16.5. The number of carbonyl (C=O) groups excluding carboxylic acids is 2. The van der Waals surface area contributed by atoms with E-state index in [4.69, 9.17) is 16.2 Å². The van der Waals surface area contributed by atoms with Gasteiger partial charge in [-0.1, -0.05) is 36.8 Å². The summed E-state index contributed by atoms with van der Waals surface area (Å²) in [5.41, 5.74) is 12.3. The second-order valence-electron chi connectivity index (χ2n) is 6.64. The van der Waals surface area contributed by atoms with Crippen LogP contribution in [0.25, 0.3) is 0 Å². The predicted molar refractivity (Wildman–Crippen MR) is 107 cm³/mol. The Labute approximate surface area is 162 Å². The molecular weight excluding hydrogens is 344 g/mol. The Morgan fingerprint density at radius 1 is 1.07 bits per heavy atom. The molecule has 0 radical (unpaired) electrons. The third-order valence-electron chi connectivity index (χ3n) is 4.30.